The number of thiophene rings is 1. The lowest BCUT2D eigenvalue weighted by Gasteiger charge is -2.24. The highest BCUT2D eigenvalue weighted by Gasteiger charge is 2.32. The quantitative estimate of drug-likeness (QED) is 0.745. The van der Waals surface area contributed by atoms with Crippen molar-refractivity contribution < 1.29 is 14.1 Å². The zero-order chi connectivity index (χ0) is 19.0. The van der Waals surface area contributed by atoms with Crippen LogP contribution in [-0.2, 0) is 7.05 Å². The molecule has 0 aliphatic carbocycles. The lowest BCUT2D eigenvalue weighted by atomic mass is 10.2. The molecule has 0 bridgehead atoms. The summed E-state index contributed by atoms with van der Waals surface area (Å²) in [5.41, 5.74) is 0.679. The van der Waals surface area contributed by atoms with Gasteiger partial charge in [0.1, 0.15) is 11.5 Å². The summed E-state index contributed by atoms with van der Waals surface area (Å²) in [6, 6.07) is 9.13. The van der Waals surface area contributed by atoms with Gasteiger partial charge < -0.3 is 19.3 Å². The van der Waals surface area contributed by atoms with Crippen molar-refractivity contribution in [3.05, 3.63) is 57.7 Å². The van der Waals surface area contributed by atoms with E-state index >= 15 is 0 Å². The third-order valence-electron chi connectivity index (χ3n) is 4.73. The summed E-state index contributed by atoms with van der Waals surface area (Å²) < 4.78 is 6.80. The van der Waals surface area contributed by atoms with E-state index in [1.54, 1.807) is 19.1 Å². The summed E-state index contributed by atoms with van der Waals surface area (Å²) in [5, 5.41) is 6.51. The molecule has 2 amide bonds. The molecular formula is C19H20N4O3S. The van der Waals surface area contributed by atoms with Crippen molar-refractivity contribution in [2.24, 2.45) is 7.05 Å². The van der Waals surface area contributed by atoms with Gasteiger partial charge in [0.15, 0.2) is 5.82 Å². The van der Waals surface area contributed by atoms with Crippen LogP contribution in [0.3, 0.4) is 0 Å². The van der Waals surface area contributed by atoms with E-state index in [1.807, 2.05) is 40.9 Å². The molecule has 0 saturated carbocycles. The fourth-order valence-corrected chi connectivity index (χ4v) is 4.44. The summed E-state index contributed by atoms with van der Waals surface area (Å²) in [7, 11) is 1.87. The molecule has 1 N–H and O–H groups in total. The molecule has 7 nitrogen and oxygen atoms in total. The Bertz CT molecular complexity index is 987. The molecule has 3 aromatic heterocycles. The van der Waals surface area contributed by atoms with Gasteiger partial charge in [-0.1, -0.05) is 5.16 Å². The van der Waals surface area contributed by atoms with E-state index in [0.29, 0.717) is 22.1 Å². The van der Waals surface area contributed by atoms with Gasteiger partial charge in [0, 0.05) is 30.7 Å². The number of anilines is 1. The Balaban J connectivity index is 1.51. The SMILES string of the molecule is Cc1cc(NC(=O)c2ccc(C3CCCN3C(=O)c3cccn3C)s2)no1. The van der Waals surface area contributed by atoms with Crippen LogP contribution >= 0.6 is 11.3 Å². The number of nitrogens with one attached hydrogen (secondary N) is 1. The molecule has 1 unspecified atom stereocenters. The number of nitrogens with zero attached hydrogens (tertiary/aromatic N) is 3. The van der Waals surface area contributed by atoms with Crippen LogP contribution in [0.1, 0.15) is 49.7 Å². The summed E-state index contributed by atoms with van der Waals surface area (Å²) >= 11 is 1.42. The van der Waals surface area contributed by atoms with Crippen molar-refractivity contribution in [1.82, 2.24) is 14.6 Å². The second kappa shape index (κ2) is 7.03. The molecule has 27 heavy (non-hydrogen) atoms. The lowest BCUT2D eigenvalue weighted by Crippen LogP contribution is -2.31. The minimum atomic E-state index is -0.224. The molecule has 0 radical (unpaired) electrons. The Morgan fingerprint density at radius 2 is 2.19 bits per heavy atom. The molecule has 1 atom stereocenters. The topological polar surface area (TPSA) is 80.4 Å². The molecule has 1 saturated heterocycles. The smallest absolute Gasteiger partial charge is 0.271 e. The first-order valence-electron chi connectivity index (χ1n) is 8.79. The molecule has 4 rings (SSSR count). The number of aryl methyl sites for hydroxylation is 2. The van der Waals surface area contributed by atoms with E-state index < -0.39 is 0 Å². The monoisotopic (exact) mass is 384 g/mol. The van der Waals surface area contributed by atoms with Crippen LogP contribution in [0.25, 0.3) is 0 Å². The van der Waals surface area contributed by atoms with Crippen LogP contribution < -0.4 is 5.32 Å². The van der Waals surface area contributed by atoms with E-state index in [4.69, 9.17) is 4.52 Å². The summed E-state index contributed by atoms with van der Waals surface area (Å²) in [4.78, 5) is 28.9. The van der Waals surface area contributed by atoms with Crippen molar-refractivity contribution in [2.45, 2.75) is 25.8 Å². The Labute approximate surface area is 160 Å². The summed E-state index contributed by atoms with van der Waals surface area (Å²) in [6.07, 6.45) is 3.73. The first-order chi connectivity index (χ1) is 13.0. The number of aromatic nitrogens is 2. The third-order valence-corrected chi connectivity index (χ3v) is 5.91. The molecule has 8 heteroatoms. The molecule has 3 aromatic rings. The number of rotatable bonds is 4. The molecule has 1 aliphatic rings. The Morgan fingerprint density at radius 1 is 1.33 bits per heavy atom. The minimum Gasteiger partial charge on any atom is -0.360 e. The van der Waals surface area contributed by atoms with Crippen LogP contribution in [0.2, 0.25) is 0 Å². The van der Waals surface area contributed by atoms with Gasteiger partial charge in [-0.25, -0.2) is 0 Å². The van der Waals surface area contributed by atoms with Crippen LogP contribution in [0.15, 0.2) is 41.1 Å². The first-order valence-corrected chi connectivity index (χ1v) is 9.61. The normalized spacial score (nSPS) is 16.7. The molecule has 4 heterocycles. The van der Waals surface area contributed by atoms with Gasteiger partial charge in [0.2, 0.25) is 0 Å². The van der Waals surface area contributed by atoms with Crippen molar-refractivity contribution in [3.63, 3.8) is 0 Å². The number of carbonyl (C=O) groups excluding carboxylic acids is 2. The average molecular weight is 384 g/mol. The van der Waals surface area contributed by atoms with Crippen molar-refractivity contribution >= 4 is 29.0 Å². The number of hydrogen-bond donors (Lipinski definition) is 1. The zero-order valence-electron chi connectivity index (χ0n) is 15.1. The maximum absolute atomic E-state index is 12.9. The molecule has 0 aromatic carbocycles. The van der Waals surface area contributed by atoms with Gasteiger partial charge in [-0.15, -0.1) is 11.3 Å². The van der Waals surface area contributed by atoms with Crippen LogP contribution in [0.5, 0.6) is 0 Å². The molecule has 1 aliphatic heterocycles. The largest absolute Gasteiger partial charge is 0.360 e. The summed E-state index contributed by atoms with van der Waals surface area (Å²) in [6.45, 7) is 2.50. The maximum Gasteiger partial charge on any atom is 0.271 e. The van der Waals surface area contributed by atoms with Crippen LogP contribution in [0.4, 0.5) is 5.82 Å². The third kappa shape index (κ3) is 3.40. The minimum absolute atomic E-state index is 0.00763. The fourth-order valence-electron chi connectivity index (χ4n) is 3.39. The standard InChI is InChI=1S/C19H20N4O3S/c1-12-11-17(21-26-12)20-18(24)16-8-7-15(27-16)13-5-4-10-23(13)19(25)14-6-3-9-22(14)2/h3,6-9,11,13H,4-5,10H2,1-2H3,(H,20,21,24). The van der Waals surface area contributed by atoms with E-state index in [0.717, 1.165) is 24.3 Å². The lowest BCUT2D eigenvalue weighted by molar-refractivity contribution is 0.0728. The van der Waals surface area contributed by atoms with E-state index in [-0.39, 0.29) is 17.9 Å². The Kier molecular flexibility index (Phi) is 4.57. The zero-order valence-corrected chi connectivity index (χ0v) is 16.0. The van der Waals surface area contributed by atoms with E-state index in [2.05, 4.69) is 10.5 Å². The molecular weight excluding hydrogens is 364 g/mol. The van der Waals surface area contributed by atoms with Gasteiger partial charge in [-0.3, -0.25) is 9.59 Å². The molecule has 0 spiro atoms. The highest BCUT2D eigenvalue weighted by Crippen LogP contribution is 2.37. The number of hydrogen-bond acceptors (Lipinski definition) is 5. The van der Waals surface area contributed by atoms with E-state index in [9.17, 15) is 9.59 Å². The van der Waals surface area contributed by atoms with E-state index in [1.165, 1.54) is 11.3 Å². The highest BCUT2D eigenvalue weighted by molar-refractivity contribution is 7.14. The number of likely N-dealkylation sites (tertiary alicyclic amines) is 1. The predicted molar refractivity (Wildman–Crippen MR) is 102 cm³/mol. The second-order valence-corrected chi connectivity index (χ2v) is 7.76. The van der Waals surface area contributed by atoms with Crippen LogP contribution in [0, 0.1) is 6.92 Å². The maximum atomic E-state index is 12.9. The van der Waals surface area contributed by atoms with Gasteiger partial charge in [0.25, 0.3) is 11.8 Å². The second-order valence-electron chi connectivity index (χ2n) is 6.64. The van der Waals surface area contributed by atoms with Gasteiger partial charge >= 0.3 is 0 Å². The van der Waals surface area contributed by atoms with Crippen molar-refractivity contribution in [2.75, 3.05) is 11.9 Å². The predicted octanol–water partition coefficient (Wildman–Crippen LogP) is 3.61. The van der Waals surface area contributed by atoms with Gasteiger partial charge in [-0.2, -0.15) is 0 Å². The Morgan fingerprint density at radius 3 is 2.89 bits per heavy atom. The summed E-state index contributed by atoms with van der Waals surface area (Å²) in [5.74, 6) is 0.840. The fraction of sp³-hybridized carbons (Fsp3) is 0.316. The molecule has 140 valence electrons. The highest BCUT2D eigenvalue weighted by atomic mass is 32.1. The molecule has 1 fully saturated rings. The van der Waals surface area contributed by atoms with Crippen molar-refractivity contribution in [1.29, 1.82) is 0 Å². The number of carbonyl (C=O) groups is 2. The Hall–Kier alpha value is -2.87. The van der Waals surface area contributed by atoms with Crippen LogP contribution in [-0.4, -0.2) is 33.0 Å². The van der Waals surface area contributed by atoms with Gasteiger partial charge in [-0.05, 0) is 44.0 Å². The number of amides is 2. The van der Waals surface area contributed by atoms with Gasteiger partial charge in [0.05, 0.1) is 10.9 Å². The first kappa shape index (κ1) is 17.5. The average Bonchev–Trinajstić information content (AvgIpc) is 3.41. The van der Waals surface area contributed by atoms with Crippen molar-refractivity contribution in [3.8, 4) is 0 Å².